The number of hydrogen-bond donors (Lipinski definition) is 0. The highest BCUT2D eigenvalue weighted by molar-refractivity contribution is 6.17. The second kappa shape index (κ2) is 6.51. The molecule has 0 aliphatic heterocycles. The van der Waals surface area contributed by atoms with Gasteiger partial charge in [0, 0.05) is 16.3 Å². The van der Waals surface area contributed by atoms with Gasteiger partial charge in [-0.25, -0.2) is 13.8 Å². The summed E-state index contributed by atoms with van der Waals surface area (Å²) < 4.78 is 75.1. The largest absolute Gasteiger partial charge is 0.400 e. The van der Waals surface area contributed by atoms with Crippen LogP contribution in [-0.4, -0.2) is 21.7 Å². The number of halogens is 5. The van der Waals surface area contributed by atoms with E-state index >= 15 is 8.78 Å². The number of nitrogens with zero attached hydrogens (tertiary/aromatic N) is 3. The average molecular weight is 449 g/mol. The summed E-state index contributed by atoms with van der Waals surface area (Å²) in [6.45, 7) is 0. The second-order valence-electron chi connectivity index (χ2n) is 7.99. The van der Waals surface area contributed by atoms with Gasteiger partial charge in [0.2, 0.25) is 0 Å². The molecule has 0 radical (unpaired) electrons. The summed E-state index contributed by atoms with van der Waals surface area (Å²) in [6.07, 6.45) is -7.95. The highest BCUT2D eigenvalue weighted by Gasteiger charge is 2.54. The normalized spacial score (nSPS) is 18.9. The highest BCUT2D eigenvalue weighted by Crippen LogP contribution is 2.52. The molecule has 0 saturated carbocycles. The third-order valence-electron chi connectivity index (χ3n) is 6.27. The number of hydrogen-bond acceptors (Lipinski definition) is 2. The van der Waals surface area contributed by atoms with Crippen molar-refractivity contribution in [2.24, 2.45) is 0 Å². The molecule has 0 fully saturated rings. The van der Waals surface area contributed by atoms with Gasteiger partial charge in [0.1, 0.15) is 29.0 Å². The first-order chi connectivity index (χ1) is 15.8. The van der Waals surface area contributed by atoms with Gasteiger partial charge in [-0.05, 0) is 29.0 Å². The monoisotopic (exact) mass is 449 g/mol. The van der Waals surface area contributed by atoms with Gasteiger partial charge in [-0.2, -0.15) is 18.4 Å². The summed E-state index contributed by atoms with van der Waals surface area (Å²) in [5, 5.41) is 11.1. The van der Waals surface area contributed by atoms with Gasteiger partial charge in [-0.1, -0.05) is 42.5 Å². The fourth-order valence-electron chi connectivity index (χ4n) is 4.93. The lowest BCUT2D eigenvalue weighted by atomic mass is 9.81. The molecule has 2 unspecified atom stereocenters. The molecule has 33 heavy (non-hydrogen) atoms. The summed E-state index contributed by atoms with van der Waals surface area (Å²) in [6, 6.07) is 18.2. The maximum atomic E-state index is 15.8. The Bertz CT molecular complexity index is 1710. The fourth-order valence-corrected chi connectivity index (χ4v) is 4.93. The average Bonchev–Trinajstić information content (AvgIpc) is 3.18. The Morgan fingerprint density at radius 3 is 2.42 bits per heavy atom. The highest BCUT2D eigenvalue weighted by atomic mass is 19.4. The van der Waals surface area contributed by atoms with E-state index in [-0.39, 0.29) is 11.0 Å². The van der Waals surface area contributed by atoms with Gasteiger partial charge in [-0.15, -0.1) is 0 Å². The number of rotatable bonds is 0. The molecule has 2 aromatic heterocycles. The molecular weight excluding hydrogens is 437 g/mol. The van der Waals surface area contributed by atoms with Gasteiger partial charge >= 0.3 is 6.18 Å². The van der Waals surface area contributed by atoms with E-state index in [1.54, 1.807) is 60.7 Å². The Morgan fingerprint density at radius 2 is 1.67 bits per heavy atom. The van der Waals surface area contributed by atoms with Crippen LogP contribution in [0.1, 0.15) is 17.2 Å². The molecule has 2 heterocycles. The van der Waals surface area contributed by atoms with Crippen molar-refractivity contribution in [3.8, 4) is 6.07 Å². The topological polar surface area (TPSA) is 41.1 Å². The first-order valence-electron chi connectivity index (χ1n) is 10.1. The zero-order chi connectivity index (χ0) is 23.1. The van der Waals surface area contributed by atoms with E-state index in [4.69, 9.17) is 0 Å². The molecule has 162 valence electrons. The first-order valence-corrected chi connectivity index (χ1v) is 10.1. The fraction of sp³-hybridized carbons (Fsp3) is 0.120. The number of aromatic nitrogens is 2. The Hall–Kier alpha value is -3.99. The van der Waals surface area contributed by atoms with Crippen LogP contribution >= 0.6 is 0 Å². The molecule has 0 bridgehead atoms. The van der Waals surface area contributed by atoms with E-state index in [1.165, 1.54) is 10.5 Å². The molecule has 0 saturated heterocycles. The van der Waals surface area contributed by atoms with Crippen LogP contribution in [0, 0.1) is 11.3 Å². The molecule has 3 nitrogen and oxygen atoms in total. The number of para-hydroxylation sites is 2. The van der Waals surface area contributed by atoms with Crippen molar-refractivity contribution in [1.82, 2.24) is 9.38 Å². The summed E-state index contributed by atoms with van der Waals surface area (Å²) in [5.41, 5.74) is -1.28. The number of allylic oxidation sites excluding steroid dienone is 1. The summed E-state index contributed by atoms with van der Waals surface area (Å²) in [7, 11) is 0. The molecule has 2 atom stereocenters. The molecule has 0 amide bonds. The standard InChI is InChI=1S/C25H12F5N3/c26-21-15(11-31)22(27)20(25(28,29)30)23-19(21)18-13-6-2-1-5-12(13)9-10-14(18)24-32-16-7-3-4-8-17(16)33(23)24/h1-10,20,22H. The van der Waals surface area contributed by atoms with Crippen molar-refractivity contribution >= 4 is 44.1 Å². The molecule has 3 aromatic carbocycles. The molecule has 8 heteroatoms. The van der Waals surface area contributed by atoms with E-state index in [0.29, 0.717) is 27.2 Å². The minimum Gasteiger partial charge on any atom is -0.295 e. The van der Waals surface area contributed by atoms with Crippen molar-refractivity contribution in [3.05, 3.63) is 77.5 Å². The number of imidazole rings is 1. The lowest BCUT2D eigenvalue weighted by Crippen LogP contribution is -2.35. The molecular formula is C25H12F5N3. The van der Waals surface area contributed by atoms with Gasteiger partial charge < -0.3 is 0 Å². The maximum Gasteiger partial charge on any atom is 0.400 e. The van der Waals surface area contributed by atoms with Crippen LogP contribution in [0.2, 0.25) is 0 Å². The Labute approximate surface area is 183 Å². The summed E-state index contributed by atoms with van der Waals surface area (Å²) in [4.78, 5) is 4.53. The van der Waals surface area contributed by atoms with Gasteiger partial charge in [0.15, 0.2) is 6.17 Å². The Kier molecular flexibility index (Phi) is 3.88. The van der Waals surface area contributed by atoms with E-state index in [1.807, 2.05) is 0 Å². The Morgan fingerprint density at radius 1 is 0.939 bits per heavy atom. The van der Waals surface area contributed by atoms with Crippen molar-refractivity contribution in [1.29, 1.82) is 5.26 Å². The zero-order valence-corrected chi connectivity index (χ0v) is 16.7. The minimum absolute atomic E-state index is 0.172. The SMILES string of the molecule is N#CC1=C(F)c2c(n3c4ccccc4nc3c3ccc4ccccc4c23)C(C(F)(F)F)C1F. The van der Waals surface area contributed by atoms with Crippen LogP contribution in [0.5, 0.6) is 0 Å². The zero-order valence-electron chi connectivity index (χ0n) is 16.7. The van der Waals surface area contributed by atoms with Gasteiger partial charge in [-0.3, -0.25) is 4.40 Å². The molecule has 5 aromatic rings. The number of fused-ring (bicyclic) bond motifs is 10. The van der Waals surface area contributed by atoms with Crippen molar-refractivity contribution in [2.45, 2.75) is 18.3 Å². The van der Waals surface area contributed by atoms with Gasteiger partial charge in [0.25, 0.3) is 0 Å². The molecule has 1 aliphatic rings. The van der Waals surface area contributed by atoms with Crippen LogP contribution in [0.3, 0.4) is 0 Å². The third kappa shape index (κ3) is 2.50. The number of pyridine rings is 1. The first kappa shape index (κ1) is 19.7. The van der Waals surface area contributed by atoms with E-state index in [0.717, 1.165) is 0 Å². The van der Waals surface area contributed by atoms with E-state index in [9.17, 15) is 18.4 Å². The van der Waals surface area contributed by atoms with Crippen LogP contribution in [-0.2, 0) is 0 Å². The molecule has 0 N–H and O–H groups in total. The minimum atomic E-state index is -5.08. The van der Waals surface area contributed by atoms with Gasteiger partial charge in [0.05, 0.1) is 16.7 Å². The van der Waals surface area contributed by atoms with E-state index < -0.39 is 40.9 Å². The number of alkyl halides is 4. The van der Waals surface area contributed by atoms with Crippen molar-refractivity contribution in [3.63, 3.8) is 0 Å². The van der Waals surface area contributed by atoms with Crippen LogP contribution in [0.4, 0.5) is 22.0 Å². The second-order valence-corrected chi connectivity index (χ2v) is 7.99. The molecule has 1 aliphatic carbocycles. The quantitative estimate of drug-likeness (QED) is 0.189. The third-order valence-corrected chi connectivity index (χ3v) is 6.27. The lowest BCUT2D eigenvalue weighted by molar-refractivity contribution is -0.162. The summed E-state index contributed by atoms with van der Waals surface area (Å²) in [5.74, 6) is -4.01. The summed E-state index contributed by atoms with van der Waals surface area (Å²) >= 11 is 0. The predicted octanol–water partition coefficient (Wildman–Crippen LogP) is 7.00. The number of nitriles is 1. The smallest absolute Gasteiger partial charge is 0.295 e. The molecule has 6 rings (SSSR count). The number of benzene rings is 3. The molecule has 0 spiro atoms. The van der Waals surface area contributed by atoms with E-state index in [2.05, 4.69) is 4.98 Å². The van der Waals surface area contributed by atoms with Crippen LogP contribution < -0.4 is 0 Å². The van der Waals surface area contributed by atoms with Crippen LogP contribution in [0.15, 0.2) is 66.2 Å². The predicted molar refractivity (Wildman–Crippen MR) is 115 cm³/mol. The van der Waals surface area contributed by atoms with Crippen LogP contribution in [0.25, 0.3) is 44.1 Å². The lowest BCUT2D eigenvalue weighted by Gasteiger charge is -2.31. The maximum absolute atomic E-state index is 15.8. The van der Waals surface area contributed by atoms with Crippen molar-refractivity contribution in [2.75, 3.05) is 0 Å². The van der Waals surface area contributed by atoms with Crippen molar-refractivity contribution < 1.29 is 22.0 Å². The Balaban J connectivity index is 2.00.